The fraction of sp³-hybridized carbons (Fsp3) is 0.400. The molecule has 3 nitrogen and oxygen atoms in total. The van der Waals surface area contributed by atoms with Crippen LogP contribution in [0.2, 0.25) is 0 Å². The Kier molecular flexibility index (Phi) is 4.62. The number of hydrogen-bond acceptors (Lipinski definition) is 3. The molecule has 0 spiro atoms. The van der Waals surface area contributed by atoms with Gasteiger partial charge in [-0.1, -0.05) is 22.9 Å². The molecule has 0 aliphatic heterocycles. The lowest BCUT2D eigenvalue weighted by molar-refractivity contribution is 0.394. The van der Waals surface area contributed by atoms with Gasteiger partial charge in [0.1, 0.15) is 11.3 Å². The number of halogens is 1. The van der Waals surface area contributed by atoms with Gasteiger partial charge >= 0.3 is 0 Å². The molecule has 1 aromatic heterocycles. The van der Waals surface area contributed by atoms with Crippen molar-refractivity contribution in [2.75, 3.05) is 0 Å². The maximum Gasteiger partial charge on any atom is 0.134 e. The molecule has 2 atom stereocenters. The molecule has 2 aromatic rings. The van der Waals surface area contributed by atoms with Gasteiger partial charge in [0, 0.05) is 15.9 Å². The number of hydrogen-bond donors (Lipinski definition) is 1. The van der Waals surface area contributed by atoms with Crippen molar-refractivity contribution < 1.29 is 4.42 Å². The zero-order valence-corrected chi connectivity index (χ0v) is 12.7. The molecule has 0 radical (unpaired) electrons. The van der Waals surface area contributed by atoms with Crippen LogP contribution in [-0.2, 0) is 0 Å². The number of furan rings is 1. The molecule has 0 amide bonds. The normalized spacial score (nSPS) is 14.2. The summed E-state index contributed by atoms with van der Waals surface area (Å²) >= 11 is 3.46. The van der Waals surface area contributed by atoms with Crippen molar-refractivity contribution in [3.63, 3.8) is 0 Å². The van der Waals surface area contributed by atoms with Crippen molar-refractivity contribution in [2.45, 2.75) is 38.8 Å². The molecule has 2 unspecified atom stereocenters. The van der Waals surface area contributed by atoms with E-state index in [1.807, 2.05) is 18.2 Å². The summed E-state index contributed by atoms with van der Waals surface area (Å²) < 4.78 is 6.89. The van der Waals surface area contributed by atoms with Crippen LogP contribution in [0.3, 0.4) is 0 Å². The fourth-order valence-corrected chi connectivity index (χ4v) is 2.49. The summed E-state index contributed by atoms with van der Waals surface area (Å²) in [5.74, 6) is 0.907. The third-order valence-corrected chi connectivity index (χ3v) is 3.73. The van der Waals surface area contributed by atoms with Gasteiger partial charge in [-0.3, -0.25) is 0 Å². The number of nitriles is 1. The van der Waals surface area contributed by atoms with E-state index in [1.54, 1.807) is 0 Å². The molecule has 19 heavy (non-hydrogen) atoms. The Morgan fingerprint density at radius 2 is 2.21 bits per heavy atom. The van der Waals surface area contributed by atoms with Gasteiger partial charge in [0.25, 0.3) is 0 Å². The molecule has 0 saturated carbocycles. The lowest BCUT2D eigenvalue weighted by atomic mass is 10.1. The van der Waals surface area contributed by atoms with E-state index in [-0.39, 0.29) is 12.1 Å². The molecular formula is C15H17BrN2O. The average Bonchev–Trinajstić information content (AvgIpc) is 2.81. The highest BCUT2D eigenvalue weighted by atomic mass is 79.9. The van der Waals surface area contributed by atoms with E-state index in [1.165, 1.54) is 0 Å². The van der Waals surface area contributed by atoms with Crippen LogP contribution >= 0.6 is 15.9 Å². The molecule has 0 bridgehead atoms. The lowest BCUT2D eigenvalue weighted by Gasteiger charge is -2.18. The number of rotatable bonds is 5. The predicted molar refractivity (Wildman–Crippen MR) is 79.8 cm³/mol. The van der Waals surface area contributed by atoms with Crippen molar-refractivity contribution in [3.8, 4) is 6.07 Å². The summed E-state index contributed by atoms with van der Waals surface area (Å²) in [5.41, 5.74) is 0.889. The van der Waals surface area contributed by atoms with Gasteiger partial charge in [0.05, 0.1) is 18.5 Å². The van der Waals surface area contributed by atoms with Crippen LogP contribution in [0.1, 0.15) is 38.5 Å². The van der Waals surface area contributed by atoms with Crippen LogP contribution in [0.25, 0.3) is 11.0 Å². The number of benzene rings is 1. The first-order valence-corrected chi connectivity index (χ1v) is 7.25. The molecule has 0 aliphatic rings. The maximum atomic E-state index is 8.78. The highest BCUT2D eigenvalue weighted by molar-refractivity contribution is 9.10. The maximum absolute atomic E-state index is 8.78. The molecule has 0 saturated heterocycles. The van der Waals surface area contributed by atoms with Crippen LogP contribution in [0, 0.1) is 11.3 Å². The van der Waals surface area contributed by atoms with Crippen LogP contribution < -0.4 is 5.32 Å². The molecule has 1 heterocycles. The fourth-order valence-electron chi connectivity index (χ4n) is 2.12. The smallest absolute Gasteiger partial charge is 0.134 e. The highest BCUT2D eigenvalue weighted by Gasteiger charge is 2.15. The van der Waals surface area contributed by atoms with Crippen LogP contribution in [0.4, 0.5) is 0 Å². The molecule has 0 fully saturated rings. The van der Waals surface area contributed by atoms with E-state index >= 15 is 0 Å². The minimum absolute atomic E-state index is 0.101. The Balaban J connectivity index is 2.17. The third kappa shape index (κ3) is 3.37. The van der Waals surface area contributed by atoms with Crippen LogP contribution in [0.15, 0.2) is 33.2 Å². The van der Waals surface area contributed by atoms with E-state index in [0.29, 0.717) is 6.42 Å². The van der Waals surface area contributed by atoms with E-state index in [9.17, 15) is 0 Å². The summed E-state index contributed by atoms with van der Waals surface area (Å²) in [7, 11) is 0. The predicted octanol–water partition coefficient (Wildman–Crippen LogP) is 4.54. The Hall–Kier alpha value is -1.31. The summed E-state index contributed by atoms with van der Waals surface area (Å²) in [6, 6.07) is 10.5. The van der Waals surface area contributed by atoms with Gasteiger partial charge in [-0.05, 0) is 37.6 Å². The van der Waals surface area contributed by atoms with Crippen molar-refractivity contribution in [2.24, 2.45) is 0 Å². The van der Waals surface area contributed by atoms with Gasteiger partial charge < -0.3 is 9.73 Å². The first-order chi connectivity index (χ1) is 9.13. The van der Waals surface area contributed by atoms with Crippen molar-refractivity contribution in [1.82, 2.24) is 5.32 Å². The van der Waals surface area contributed by atoms with Gasteiger partial charge in [-0.2, -0.15) is 5.26 Å². The Bertz CT molecular complexity index is 600. The summed E-state index contributed by atoms with van der Waals surface area (Å²) in [4.78, 5) is 0. The SMILES string of the molecule is CCC(CC#N)NC(C)c1cc2cc(Br)ccc2o1. The third-order valence-electron chi connectivity index (χ3n) is 3.24. The second-order valence-electron chi connectivity index (χ2n) is 4.69. The van der Waals surface area contributed by atoms with E-state index in [0.717, 1.165) is 27.6 Å². The van der Waals surface area contributed by atoms with Crippen LogP contribution in [-0.4, -0.2) is 6.04 Å². The molecule has 0 aliphatic carbocycles. The second-order valence-corrected chi connectivity index (χ2v) is 5.60. The summed E-state index contributed by atoms with van der Waals surface area (Å²) in [6.07, 6.45) is 1.45. The molecule has 1 N–H and O–H groups in total. The van der Waals surface area contributed by atoms with Crippen LogP contribution in [0.5, 0.6) is 0 Å². The van der Waals surface area contributed by atoms with E-state index < -0.39 is 0 Å². The largest absolute Gasteiger partial charge is 0.459 e. The molecule has 1 aromatic carbocycles. The topological polar surface area (TPSA) is 49.0 Å². The standard InChI is InChI=1S/C15H17BrN2O/c1-3-13(6-7-17)18-10(2)15-9-11-8-12(16)4-5-14(11)19-15/h4-5,8-10,13,18H,3,6H2,1-2H3. The molecule has 2 rings (SSSR count). The van der Waals surface area contributed by atoms with Gasteiger partial charge in [0.15, 0.2) is 0 Å². The summed E-state index contributed by atoms with van der Waals surface area (Å²) in [6.45, 7) is 4.14. The quantitative estimate of drug-likeness (QED) is 0.879. The van der Waals surface area contributed by atoms with Gasteiger partial charge in [0.2, 0.25) is 0 Å². The molecular weight excluding hydrogens is 304 g/mol. The van der Waals surface area contributed by atoms with Gasteiger partial charge in [-0.15, -0.1) is 0 Å². The zero-order chi connectivity index (χ0) is 13.8. The Labute approximate surface area is 121 Å². The minimum atomic E-state index is 0.101. The zero-order valence-electron chi connectivity index (χ0n) is 11.1. The number of nitrogens with one attached hydrogen (secondary N) is 1. The highest BCUT2D eigenvalue weighted by Crippen LogP contribution is 2.26. The van der Waals surface area contributed by atoms with Crippen molar-refractivity contribution >= 4 is 26.9 Å². The second kappa shape index (κ2) is 6.23. The van der Waals surface area contributed by atoms with Crippen molar-refractivity contribution in [3.05, 3.63) is 34.5 Å². The van der Waals surface area contributed by atoms with Gasteiger partial charge in [-0.25, -0.2) is 0 Å². The minimum Gasteiger partial charge on any atom is -0.459 e. The number of nitrogens with zero attached hydrogens (tertiary/aromatic N) is 1. The summed E-state index contributed by atoms with van der Waals surface area (Å²) in [5, 5.41) is 13.3. The van der Waals surface area contributed by atoms with E-state index in [4.69, 9.17) is 9.68 Å². The molecule has 100 valence electrons. The Morgan fingerprint density at radius 3 is 2.89 bits per heavy atom. The molecule has 4 heteroatoms. The monoisotopic (exact) mass is 320 g/mol. The van der Waals surface area contributed by atoms with Crippen molar-refractivity contribution in [1.29, 1.82) is 5.26 Å². The first-order valence-electron chi connectivity index (χ1n) is 6.46. The first kappa shape index (κ1) is 14.1. The van der Waals surface area contributed by atoms with E-state index in [2.05, 4.69) is 47.2 Å². The average molecular weight is 321 g/mol. The lowest BCUT2D eigenvalue weighted by Crippen LogP contribution is -2.30. The number of fused-ring (bicyclic) bond motifs is 1. The Morgan fingerprint density at radius 1 is 1.42 bits per heavy atom.